The summed E-state index contributed by atoms with van der Waals surface area (Å²) >= 11 is 0. The lowest BCUT2D eigenvalue weighted by Crippen LogP contribution is -2.28. The van der Waals surface area contributed by atoms with Crippen LogP contribution in [0, 0.1) is 13.8 Å². The summed E-state index contributed by atoms with van der Waals surface area (Å²) in [4.78, 5) is 24.7. The molecule has 0 atom stereocenters. The Hall–Kier alpha value is -3.68. The van der Waals surface area contributed by atoms with E-state index in [0.29, 0.717) is 23.7 Å². The third-order valence-electron chi connectivity index (χ3n) is 4.45. The second kappa shape index (κ2) is 9.01. The van der Waals surface area contributed by atoms with Crippen molar-refractivity contribution >= 4 is 17.5 Å². The number of aromatic nitrogens is 3. The smallest absolute Gasteiger partial charge is 0.278 e. The second-order valence-electron chi connectivity index (χ2n) is 6.63. The number of carbonyl (C=O) groups excluding carboxylic acids is 2. The highest BCUT2D eigenvalue weighted by Gasteiger charge is 2.18. The molecule has 150 valence electrons. The Kier molecular flexibility index (Phi) is 6.23. The van der Waals surface area contributed by atoms with E-state index in [0.717, 1.165) is 5.56 Å². The standard InChI is InChI=1S/C21H23N5O3/c1-14-4-6-16(7-5-14)12-22-19(27)13-26-15(2)20(24-25-26)21(28)23-17-8-10-18(29-3)11-9-17/h4-11H,12-13H2,1-3H3,(H,22,27)(H,23,28). The molecule has 0 unspecified atom stereocenters. The van der Waals surface area contributed by atoms with Crippen LogP contribution in [0.5, 0.6) is 5.75 Å². The molecule has 0 aliphatic rings. The fourth-order valence-electron chi connectivity index (χ4n) is 2.68. The molecule has 0 fully saturated rings. The van der Waals surface area contributed by atoms with Crippen molar-refractivity contribution in [3.05, 3.63) is 71.0 Å². The number of nitrogens with one attached hydrogen (secondary N) is 2. The van der Waals surface area contributed by atoms with Crippen LogP contribution in [0.3, 0.4) is 0 Å². The Bertz CT molecular complexity index is 994. The monoisotopic (exact) mass is 393 g/mol. The summed E-state index contributed by atoms with van der Waals surface area (Å²) in [5.74, 6) is 0.0986. The summed E-state index contributed by atoms with van der Waals surface area (Å²) in [6.07, 6.45) is 0. The van der Waals surface area contributed by atoms with Gasteiger partial charge in [-0.25, -0.2) is 4.68 Å². The molecule has 1 aromatic heterocycles. The Morgan fingerprint density at radius 2 is 1.72 bits per heavy atom. The van der Waals surface area contributed by atoms with E-state index in [4.69, 9.17) is 4.74 Å². The first-order valence-electron chi connectivity index (χ1n) is 9.14. The number of methoxy groups -OCH3 is 1. The summed E-state index contributed by atoms with van der Waals surface area (Å²) in [6, 6.07) is 14.9. The highest BCUT2D eigenvalue weighted by atomic mass is 16.5. The molecule has 2 aromatic carbocycles. The zero-order valence-corrected chi connectivity index (χ0v) is 16.6. The molecular weight excluding hydrogens is 370 g/mol. The van der Waals surface area contributed by atoms with Gasteiger partial charge in [0, 0.05) is 12.2 Å². The van der Waals surface area contributed by atoms with E-state index in [9.17, 15) is 9.59 Å². The van der Waals surface area contributed by atoms with Gasteiger partial charge in [0.25, 0.3) is 5.91 Å². The van der Waals surface area contributed by atoms with Crippen LogP contribution in [-0.4, -0.2) is 33.9 Å². The maximum atomic E-state index is 12.5. The number of ether oxygens (including phenoxy) is 1. The fraction of sp³-hybridized carbons (Fsp3) is 0.238. The van der Waals surface area contributed by atoms with Gasteiger partial charge < -0.3 is 15.4 Å². The zero-order valence-electron chi connectivity index (χ0n) is 16.6. The molecule has 2 N–H and O–H groups in total. The largest absolute Gasteiger partial charge is 0.497 e. The minimum absolute atomic E-state index is 0.0134. The number of benzene rings is 2. The molecule has 3 aromatic rings. The number of nitrogens with zero attached hydrogens (tertiary/aromatic N) is 3. The van der Waals surface area contributed by atoms with Crippen LogP contribution < -0.4 is 15.4 Å². The van der Waals surface area contributed by atoms with Crippen molar-refractivity contribution in [2.45, 2.75) is 26.9 Å². The molecule has 0 saturated carbocycles. The molecule has 2 amide bonds. The Morgan fingerprint density at radius 3 is 2.38 bits per heavy atom. The molecule has 0 radical (unpaired) electrons. The molecule has 1 heterocycles. The molecule has 0 aliphatic carbocycles. The topological polar surface area (TPSA) is 98.1 Å². The SMILES string of the molecule is COc1ccc(NC(=O)c2nnn(CC(=O)NCc3ccc(C)cc3)c2C)cc1. The van der Waals surface area contributed by atoms with E-state index in [1.165, 1.54) is 10.2 Å². The van der Waals surface area contributed by atoms with Crippen LogP contribution in [0.2, 0.25) is 0 Å². The fourth-order valence-corrected chi connectivity index (χ4v) is 2.68. The lowest BCUT2D eigenvalue weighted by molar-refractivity contribution is -0.122. The van der Waals surface area contributed by atoms with Gasteiger partial charge in [-0.15, -0.1) is 5.10 Å². The van der Waals surface area contributed by atoms with Crippen molar-refractivity contribution in [3.8, 4) is 5.75 Å². The minimum atomic E-state index is -0.390. The first kappa shape index (κ1) is 20.1. The maximum absolute atomic E-state index is 12.5. The number of aryl methyl sites for hydroxylation is 1. The van der Waals surface area contributed by atoms with Crippen LogP contribution >= 0.6 is 0 Å². The maximum Gasteiger partial charge on any atom is 0.278 e. The van der Waals surface area contributed by atoms with Gasteiger partial charge in [-0.2, -0.15) is 0 Å². The lowest BCUT2D eigenvalue weighted by Gasteiger charge is -2.07. The van der Waals surface area contributed by atoms with Crippen LogP contribution in [0.4, 0.5) is 5.69 Å². The number of hydrogen-bond donors (Lipinski definition) is 2. The van der Waals surface area contributed by atoms with E-state index in [-0.39, 0.29) is 24.1 Å². The van der Waals surface area contributed by atoms with Gasteiger partial charge in [0.15, 0.2) is 5.69 Å². The molecule has 0 saturated heterocycles. The number of carbonyl (C=O) groups is 2. The third kappa shape index (κ3) is 5.19. The lowest BCUT2D eigenvalue weighted by atomic mass is 10.1. The number of amides is 2. The quantitative estimate of drug-likeness (QED) is 0.643. The second-order valence-corrected chi connectivity index (χ2v) is 6.63. The molecule has 0 aliphatic heterocycles. The first-order chi connectivity index (χ1) is 14.0. The zero-order chi connectivity index (χ0) is 20.8. The van der Waals surface area contributed by atoms with Gasteiger partial charge in [0.1, 0.15) is 12.3 Å². The number of anilines is 1. The molecule has 8 heteroatoms. The van der Waals surface area contributed by atoms with E-state index >= 15 is 0 Å². The van der Waals surface area contributed by atoms with Gasteiger partial charge in [0.2, 0.25) is 5.91 Å². The van der Waals surface area contributed by atoms with Crippen molar-refractivity contribution in [1.82, 2.24) is 20.3 Å². The average Bonchev–Trinajstić information content (AvgIpc) is 3.08. The van der Waals surface area contributed by atoms with Crippen molar-refractivity contribution < 1.29 is 14.3 Å². The summed E-state index contributed by atoms with van der Waals surface area (Å²) in [5, 5.41) is 13.5. The van der Waals surface area contributed by atoms with Gasteiger partial charge in [-0.3, -0.25) is 9.59 Å². The van der Waals surface area contributed by atoms with E-state index < -0.39 is 0 Å². The highest BCUT2D eigenvalue weighted by Crippen LogP contribution is 2.16. The Labute approximate surface area is 168 Å². The molecule has 8 nitrogen and oxygen atoms in total. The first-order valence-corrected chi connectivity index (χ1v) is 9.14. The summed E-state index contributed by atoms with van der Waals surface area (Å²) < 4.78 is 6.51. The van der Waals surface area contributed by atoms with E-state index in [1.807, 2.05) is 31.2 Å². The van der Waals surface area contributed by atoms with Crippen LogP contribution in [-0.2, 0) is 17.9 Å². The minimum Gasteiger partial charge on any atom is -0.497 e. The normalized spacial score (nSPS) is 10.4. The molecular formula is C21H23N5O3. The molecule has 29 heavy (non-hydrogen) atoms. The van der Waals surface area contributed by atoms with Gasteiger partial charge in [-0.05, 0) is 43.7 Å². The average molecular weight is 393 g/mol. The highest BCUT2D eigenvalue weighted by molar-refractivity contribution is 6.03. The summed E-state index contributed by atoms with van der Waals surface area (Å²) in [5.41, 5.74) is 3.48. The predicted octanol–water partition coefficient (Wildman–Crippen LogP) is 2.47. The molecule has 3 rings (SSSR count). The summed E-state index contributed by atoms with van der Waals surface area (Å²) in [6.45, 7) is 4.13. The van der Waals surface area contributed by atoms with Crippen molar-refractivity contribution in [3.63, 3.8) is 0 Å². The van der Waals surface area contributed by atoms with Gasteiger partial charge >= 0.3 is 0 Å². The van der Waals surface area contributed by atoms with Gasteiger partial charge in [-0.1, -0.05) is 35.0 Å². The number of rotatable bonds is 7. The van der Waals surface area contributed by atoms with Crippen LogP contribution in [0.25, 0.3) is 0 Å². The predicted molar refractivity (Wildman–Crippen MR) is 109 cm³/mol. The third-order valence-corrected chi connectivity index (χ3v) is 4.45. The van der Waals surface area contributed by atoms with E-state index in [1.54, 1.807) is 38.3 Å². The molecule has 0 spiro atoms. The summed E-state index contributed by atoms with van der Waals surface area (Å²) in [7, 11) is 1.58. The van der Waals surface area contributed by atoms with Crippen molar-refractivity contribution in [2.24, 2.45) is 0 Å². The number of hydrogen-bond acceptors (Lipinski definition) is 5. The van der Waals surface area contributed by atoms with Crippen molar-refractivity contribution in [1.29, 1.82) is 0 Å². The van der Waals surface area contributed by atoms with E-state index in [2.05, 4.69) is 20.9 Å². The van der Waals surface area contributed by atoms with Crippen LogP contribution in [0.1, 0.15) is 27.3 Å². The molecule has 0 bridgehead atoms. The van der Waals surface area contributed by atoms with Gasteiger partial charge in [0.05, 0.1) is 12.8 Å². The van der Waals surface area contributed by atoms with Crippen LogP contribution in [0.15, 0.2) is 48.5 Å². The van der Waals surface area contributed by atoms with Crippen molar-refractivity contribution in [2.75, 3.05) is 12.4 Å². The Balaban J connectivity index is 1.58. The Morgan fingerprint density at radius 1 is 1.03 bits per heavy atom.